The number of nitrogens with zero attached hydrogens (tertiary/aromatic N) is 2. The van der Waals surface area contributed by atoms with Crippen LogP contribution in [0.3, 0.4) is 0 Å². The quantitative estimate of drug-likeness (QED) is 0.937. The summed E-state index contributed by atoms with van der Waals surface area (Å²) >= 11 is 3.49. The van der Waals surface area contributed by atoms with Gasteiger partial charge >= 0.3 is 0 Å². The van der Waals surface area contributed by atoms with Crippen LogP contribution >= 0.6 is 15.9 Å². The van der Waals surface area contributed by atoms with Crippen molar-refractivity contribution < 1.29 is 0 Å². The van der Waals surface area contributed by atoms with E-state index in [-0.39, 0.29) is 6.04 Å². The third-order valence-corrected chi connectivity index (χ3v) is 3.49. The van der Waals surface area contributed by atoms with Crippen molar-refractivity contribution in [3.63, 3.8) is 0 Å². The van der Waals surface area contributed by atoms with E-state index in [4.69, 9.17) is 5.73 Å². The van der Waals surface area contributed by atoms with Crippen LogP contribution in [-0.4, -0.2) is 12.0 Å². The van der Waals surface area contributed by atoms with Crippen LogP contribution in [0, 0.1) is 0 Å². The summed E-state index contributed by atoms with van der Waals surface area (Å²) in [5.41, 5.74) is 8.12. The summed E-state index contributed by atoms with van der Waals surface area (Å²) in [6.07, 6.45) is 1.84. The largest absolute Gasteiger partial charge is 0.355 e. The fourth-order valence-electron chi connectivity index (χ4n) is 1.88. The molecule has 2 N–H and O–H groups in total. The van der Waals surface area contributed by atoms with Gasteiger partial charge in [-0.15, -0.1) is 0 Å². The Labute approximate surface area is 122 Å². The Balaban J connectivity index is 2.09. The molecule has 0 saturated carbocycles. The molecule has 2 rings (SSSR count). The van der Waals surface area contributed by atoms with Crippen LogP contribution in [0.5, 0.6) is 0 Å². The molecule has 1 heterocycles. The molecule has 0 saturated heterocycles. The molecular weight excluding hydrogens is 302 g/mol. The number of benzene rings is 1. The Hall–Kier alpha value is -1.39. The molecule has 1 atom stereocenters. The number of pyridine rings is 1. The molecule has 0 radical (unpaired) electrons. The molecule has 0 amide bonds. The maximum atomic E-state index is 5.82. The number of nitrogens with two attached hydrogens (primary N) is 1. The number of hydrogen-bond donors (Lipinski definition) is 1. The summed E-state index contributed by atoms with van der Waals surface area (Å²) in [5.74, 6) is 0.948. The Morgan fingerprint density at radius 2 is 2.11 bits per heavy atom. The van der Waals surface area contributed by atoms with E-state index >= 15 is 0 Å². The molecule has 0 spiro atoms. The highest BCUT2D eigenvalue weighted by atomic mass is 79.9. The Bertz CT molecular complexity index is 537. The number of aromatic nitrogens is 1. The van der Waals surface area contributed by atoms with Gasteiger partial charge in [0, 0.05) is 30.3 Å². The molecule has 0 unspecified atom stereocenters. The minimum Gasteiger partial charge on any atom is -0.355 e. The summed E-state index contributed by atoms with van der Waals surface area (Å²) in [6, 6.07) is 12.4. The first-order chi connectivity index (χ1) is 9.06. The second kappa shape index (κ2) is 6.17. The minimum atomic E-state index is 0.0249. The maximum absolute atomic E-state index is 5.82. The van der Waals surface area contributed by atoms with Crippen molar-refractivity contribution >= 4 is 21.7 Å². The minimum absolute atomic E-state index is 0.0249. The highest BCUT2D eigenvalue weighted by molar-refractivity contribution is 9.10. The van der Waals surface area contributed by atoms with E-state index in [0.717, 1.165) is 22.4 Å². The summed E-state index contributed by atoms with van der Waals surface area (Å²) in [7, 11) is 2.04. The standard InChI is InChI=1S/C15H18BrN3/c1-11(17)13-6-7-15(18-9-13)19(2)10-12-4-3-5-14(16)8-12/h3-9,11H,10,17H2,1-2H3/t11-/m1/s1. The molecule has 0 aliphatic heterocycles. The molecule has 0 fully saturated rings. The van der Waals surface area contributed by atoms with Gasteiger partial charge in [0.25, 0.3) is 0 Å². The lowest BCUT2D eigenvalue weighted by molar-refractivity contribution is 0.807. The second-order valence-corrected chi connectivity index (χ2v) is 5.64. The molecule has 2 aromatic rings. The van der Waals surface area contributed by atoms with Crippen molar-refractivity contribution in [3.05, 3.63) is 58.2 Å². The molecule has 3 nitrogen and oxygen atoms in total. The van der Waals surface area contributed by atoms with Crippen LogP contribution < -0.4 is 10.6 Å². The SMILES string of the molecule is C[C@@H](N)c1ccc(N(C)Cc2cccc(Br)c2)nc1. The Kier molecular flexibility index (Phi) is 4.56. The van der Waals surface area contributed by atoms with Gasteiger partial charge in [-0.05, 0) is 36.2 Å². The lowest BCUT2D eigenvalue weighted by Gasteiger charge is -2.19. The summed E-state index contributed by atoms with van der Waals surface area (Å²) in [6.45, 7) is 2.78. The Morgan fingerprint density at radius 1 is 1.32 bits per heavy atom. The first-order valence-corrected chi connectivity index (χ1v) is 7.02. The number of hydrogen-bond acceptors (Lipinski definition) is 3. The predicted octanol–water partition coefficient (Wildman–Crippen LogP) is 3.50. The third kappa shape index (κ3) is 3.78. The van der Waals surface area contributed by atoms with Crippen LogP contribution in [0.1, 0.15) is 24.1 Å². The predicted molar refractivity (Wildman–Crippen MR) is 83.1 cm³/mol. The van der Waals surface area contributed by atoms with E-state index in [9.17, 15) is 0 Å². The van der Waals surface area contributed by atoms with Gasteiger partial charge in [-0.2, -0.15) is 0 Å². The van der Waals surface area contributed by atoms with Gasteiger partial charge in [0.2, 0.25) is 0 Å². The Morgan fingerprint density at radius 3 is 2.68 bits per heavy atom. The molecule has 0 aliphatic carbocycles. The van der Waals surface area contributed by atoms with E-state index in [1.165, 1.54) is 5.56 Å². The van der Waals surface area contributed by atoms with E-state index in [1.54, 1.807) is 0 Å². The van der Waals surface area contributed by atoms with E-state index in [1.807, 2.05) is 44.4 Å². The highest BCUT2D eigenvalue weighted by Crippen LogP contribution is 2.17. The van der Waals surface area contributed by atoms with Crippen molar-refractivity contribution in [3.8, 4) is 0 Å². The molecule has 4 heteroatoms. The smallest absolute Gasteiger partial charge is 0.128 e. The van der Waals surface area contributed by atoms with E-state index in [0.29, 0.717) is 0 Å². The monoisotopic (exact) mass is 319 g/mol. The zero-order chi connectivity index (χ0) is 13.8. The average Bonchev–Trinajstić information content (AvgIpc) is 2.39. The molecular formula is C15H18BrN3. The first kappa shape index (κ1) is 14.0. The van der Waals surface area contributed by atoms with Gasteiger partial charge in [-0.3, -0.25) is 0 Å². The normalized spacial score (nSPS) is 12.2. The number of halogens is 1. The average molecular weight is 320 g/mol. The van der Waals surface area contributed by atoms with Crippen molar-refractivity contribution in [2.75, 3.05) is 11.9 Å². The fraction of sp³-hybridized carbons (Fsp3) is 0.267. The van der Waals surface area contributed by atoms with Gasteiger partial charge in [0.05, 0.1) is 0 Å². The summed E-state index contributed by atoms with van der Waals surface area (Å²) in [5, 5.41) is 0. The summed E-state index contributed by atoms with van der Waals surface area (Å²) < 4.78 is 1.10. The van der Waals surface area contributed by atoms with E-state index < -0.39 is 0 Å². The van der Waals surface area contributed by atoms with Crippen molar-refractivity contribution in [2.24, 2.45) is 5.73 Å². The van der Waals surface area contributed by atoms with Crippen LogP contribution in [0.15, 0.2) is 47.1 Å². The topological polar surface area (TPSA) is 42.1 Å². The first-order valence-electron chi connectivity index (χ1n) is 6.23. The van der Waals surface area contributed by atoms with Crippen LogP contribution in [0.2, 0.25) is 0 Å². The molecule has 0 bridgehead atoms. The second-order valence-electron chi connectivity index (χ2n) is 4.72. The molecule has 19 heavy (non-hydrogen) atoms. The molecule has 0 aliphatic rings. The summed E-state index contributed by atoms with van der Waals surface area (Å²) in [4.78, 5) is 6.57. The zero-order valence-electron chi connectivity index (χ0n) is 11.2. The van der Waals surface area contributed by atoms with Crippen LogP contribution in [0.25, 0.3) is 0 Å². The highest BCUT2D eigenvalue weighted by Gasteiger charge is 2.05. The van der Waals surface area contributed by atoms with Crippen molar-refractivity contribution in [2.45, 2.75) is 19.5 Å². The lowest BCUT2D eigenvalue weighted by atomic mass is 10.1. The van der Waals surface area contributed by atoms with Crippen molar-refractivity contribution in [1.82, 2.24) is 4.98 Å². The van der Waals surface area contributed by atoms with Gasteiger partial charge in [-0.1, -0.05) is 34.1 Å². The van der Waals surface area contributed by atoms with Gasteiger partial charge in [0.15, 0.2) is 0 Å². The number of anilines is 1. The zero-order valence-corrected chi connectivity index (χ0v) is 12.8. The van der Waals surface area contributed by atoms with Crippen molar-refractivity contribution in [1.29, 1.82) is 0 Å². The number of rotatable bonds is 4. The molecule has 1 aromatic heterocycles. The molecule has 100 valence electrons. The fourth-order valence-corrected chi connectivity index (χ4v) is 2.33. The van der Waals surface area contributed by atoms with Gasteiger partial charge in [0.1, 0.15) is 5.82 Å². The van der Waals surface area contributed by atoms with Gasteiger partial charge < -0.3 is 10.6 Å². The lowest BCUT2D eigenvalue weighted by Crippen LogP contribution is -2.18. The van der Waals surface area contributed by atoms with Crippen LogP contribution in [-0.2, 0) is 6.54 Å². The van der Waals surface area contributed by atoms with Gasteiger partial charge in [-0.25, -0.2) is 4.98 Å². The molecule has 1 aromatic carbocycles. The maximum Gasteiger partial charge on any atom is 0.128 e. The third-order valence-electron chi connectivity index (χ3n) is 3.00. The van der Waals surface area contributed by atoms with E-state index in [2.05, 4.69) is 37.9 Å². The van der Waals surface area contributed by atoms with Crippen LogP contribution in [0.4, 0.5) is 5.82 Å².